The number of nitrogens with zero attached hydrogens (tertiary/aromatic N) is 1. The second-order valence-corrected chi connectivity index (χ2v) is 10.9. The number of Topliss-reactive ketones (excluding diaryl/α,β-unsaturated/α-hetero) is 1. The number of ketones is 1. The fraction of sp³-hybridized carbons (Fsp3) is 0.375. The number of sulfone groups is 2. The number of halogens is 3. The highest BCUT2D eigenvalue weighted by molar-refractivity contribution is 7.91. The lowest BCUT2D eigenvalue weighted by molar-refractivity contribution is -0.137. The third-order valence-corrected chi connectivity index (χ3v) is 7.17. The van der Waals surface area contributed by atoms with Gasteiger partial charge >= 0.3 is 6.18 Å². The monoisotopic (exact) mass is 437 g/mol. The SMILES string of the molecule is CS(=O)(=O)c1cc(C(F)(F)F)ccc1-c1oncc1C(=O)C1CC1S(C)(=O)=O. The molecule has 0 N–H and O–H groups in total. The number of rotatable bonds is 5. The number of aromatic nitrogens is 1. The highest BCUT2D eigenvalue weighted by Crippen LogP contribution is 2.42. The Labute approximate surface area is 158 Å². The molecule has 1 aliphatic carbocycles. The molecule has 0 aliphatic heterocycles. The van der Waals surface area contributed by atoms with Crippen LogP contribution in [0.15, 0.2) is 33.8 Å². The van der Waals surface area contributed by atoms with Gasteiger partial charge in [0.05, 0.1) is 27.5 Å². The third kappa shape index (κ3) is 3.83. The van der Waals surface area contributed by atoms with E-state index in [0.717, 1.165) is 24.8 Å². The largest absolute Gasteiger partial charge is 0.416 e. The standard InChI is InChI=1S/C16H14F3NO6S2/c1-27(22,23)12-5-8(16(17,18)19)3-4-9(12)15-11(7-20-26-15)14(21)10-6-13(10)28(2,24)25/h3-5,7,10,13H,6H2,1-2H3. The van der Waals surface area contributed by atoms with Crippen molar-refractivity contribution >= 4 is 25.5 Å². The van der Waals surface area contributed by atoms with Gasteiger partial charge in [-0.3, -0.25) is 4.79 Å². The van der Waals surface area contributed by atoms with Gasteiger partial charge in [-0.05, 0) is 24.6 Å². The van der Waals surface area contributed by atoms with Crippen LogP contribution < -0.4 is 0 Å². The number of benzene rings is 1. The normalized spacial score (nSPS) is 20.2. The summed E-state index contributed by atoms with van der Waals surface area (Å²) >= 11 is 0. The molecule has 2 atom stereocenters. The smallest absolute Gasteiger partial charge is 0.355 e. The molecule has 152 valence electrons. The zero-order valence-corrected chi connectivity index (χ0v) is 16.2. The van der Waals surface area contributed by atoms with Gasteiger partial charge < -0.3 is 4.52 Å². The Bertz CT molecular complexity index is 1170. The summed E-state index contributed by atoms with van der Waals surface area (Å²) in [5, 5.41) is 2.59. The van der Waals surface area contributed by atoms with Crippen LogP contribution in [-0.4, -0.2) is 45.5 Å². The van der Waals surface area contributed by atoms with Crippen LogP contribution in [0, 0.1) is 5.92 Å². The summed E-state index contributed by atoms with van der Waals surface area (Å²) in [5.41, 5.74) is -1.61. The van der Waals surface area contributed by atoms with Crippen molar-refractivity contribution in [2.75, 3.05) is 12.5 Å². The van der Waals surface area contributed by atoms with Gasteiger partial charge in [-0.1, -0.05) is 5.16 Å². The Morgan fingerprint density at radius 2 is 1.82 bits per heavy atom. The van der Waals surface area contributed by atoms with Crippen molar-refractivity contribution < 1.29 is 39.3 Å². The Morgan fingerprint density at radius 1 is 1.18 bits per heavy atom. The third-order valence-electron chi connectivity index (χ3n) is 4.41. The van der Waals surface area contributed by atoms with Crippen LogP contribution in [0.2, 0.25) is 0 Å². The van der Waals surface area contributed by atoms with Gasteiger partial charge in [0.25, 0.3) is 0 Å². The summed E-state index contributed by atoms with van der Waals surface area (Å²) in [6, 6.07) is 2.01. The van der Waals surface area contributed by atoms with E-state index >= 15 is 0 Å². The highest BCUT2D eigenvalue weighted by atomic mass is 32.2. The quantitative estimate of drug-likeness (QED) is 0.660. The van der Waals surface area contributed by atoms with Crippen molar-refractivity contribution in [3.8, 4) is 11.3 Å². The van der Waals surface area contributed by atoms with Gasteiger partial charge in [-0.25, -0.2) is 16.8 Å². The molecule has 1 aromatic heterocycles. The summed E-state index contributed by atoms with van der Waals surface area (Å²) in [5.74, 6) is -1.77. The summed E-state index contributed by atoms with van der Waals surface area (Å²) in [6.45, 7) is 0. The average molecular weight is 437 g/mol. The molecule has 2 aromatic rings. The second kappa shape index (κ2) is 6.41. The lowest BCUT2D eigenvalue weighted by atomic mass is 10.0. The van der Waals surface area contributed by atoms with E-state index in [1.54, 1.807) is 0 Å². The maximum Gasteiger partial charge on any atom is 0.416 e. The van der Waals surface area contributed by atoms with Gasteiger partial charge in [0.1, 0.15) is 0 Å². The first-order valence-electron chi connectivity index (χ1n) is 7.80. The van der Waals surface area contributed by atoms with E-state index in [-0.39, 0.29) is 23.3 Å². The number of carbonyl (C=O) groups is 1. The molecule has 1 fully saturated rings. The van der Waals surface area contributed by atoms with Crippen LogP contribution in [0.1, 0.15) is 22.3 Å². The van der Waals surface area contributed by atoms with Crippen LogP contribution in [0.25, 0.3) is 11.3 Å². The topological polar surface area (TPSA) is 111 Å². The molecule has 1 saturated carbocycles. The lowest BCUT2D eigenvalue weighted by Crippen LogP contribution is -2.12. The molecule has 2 unspecified atom stereocenters. The Balaban J connectivity index is 2.10. The minimum Gasteiger partial charge on any atom is -0.355 e. The molecule has 1 heterocycles. The van der Waals surface area contributed by atoms with Gasteiger partial charge in [0.15, 0.2) is 31.2 Å². The van der Waals surface area contributed by atoms with E-state index in [4.69, 9.17) is 4.52 Å². The van der Waals surface area contributed by atoms with Crippen LogP contribution >= 0.6 is 0 Å². The minimum absolute atomic E-state index is 0.105. The second-order valence-electron chi connectivity index (χ2n) is 6.62. The zero-order valence-electron chi connectivity index (χ0n) is 14.5. The van der Waals surface area contributed by atoms with Crippen molar-refractivity contribution in [1.29, 1.82) is 0 Å². The lowest BCUT2D eigenvalue weighted by Gasteiger charge is -2.11. The van der Waals surface area contributed by atoms with E-state index < -0.39 is 53.3 Å². The Kier molecular flexibility index (Phi) is 4.70. The zero-order chi connectivity index (χ0) is 21.1. The molecule has 28 heavy (non-hydrogen) atoms. The van der Waals surface area contributed by atoms with Crippen LogP contribution in [0.3, 0.4) is 0 Å². The number of hydrogen-bond donors (Lipinski definition) is 0. The molecule has 0 bridgehead atoms. The maximum absolute atomic E-state index is 13.0. The van der Waals surface area contributed by atoms with E-state index in [2.05, 4.69) is 5.16 Å². The predicted octanol–water partition coefficient (Wildman–Crippen LogP) is 2.38. The number of hydrogen-bond acceptors (Lipinski definition) is 7. The van der Waals surface area contributed by atoms with Crippen LogP contribution in [0.5, 0.6) is 0 Å². The first-order chi connectivity index (χ1) is 12.7. The van der Waals surface area contributed by atoms with Gasteiger partial charge in [-0.2, -0.15) is 13.2 Å². The van der Waals surface area contributed by atoms with Crippen molar-refractivity contribution in [2.24, 2.45) is 5.92 Å². The fourth-order valence-corrected chi connectivity index (χ4v) is 5.10. The Morgan fingerprint density at radius 3 is 2.32 bits per heavy atom. The van der Waals surface area contributed by atoms with Crippen molar-refractivity contribution in [1.82, 2.24) is 5.16 Å². The van der Waals surface area contributed by atoms with Crippen molar-refractivity contribution in [3.63, 3.8) is 0 Å². The molecule has 0 radical (unpaired) electrons. The van der Waals surface area contributed by atoms with Gasteiger partial charge in [0.2, 0.25) is 0 Å². The summed E-state index contributed by atoms with van der Waals surface area (Å²) in [7, 11) is -7.56. The summed E-state index contributed by atoms with van der Waals surface area (Å²) in [4.78, 5) is 11.9. The van der Waals surface area contributed by atoms with E-state index in [9.17, 15) is 34.8 Å². The van der Waals surface area contributed by atoms with Gasteiger partial charge in [-0.15, -0.1) is 0 Å². The molecule has 1 aromatic carbocycles. The number of alkyl halides is 3. The van der Waals surface area contributed by atoms with Crippen molar-refractivity contribution in [2.45, 2.75) is 22.7 Å². The number of carbonyl (C=O) groups excluding carboxylic acids is 1. The van der Waals surface area contributed by atoms with Crippen LogP contribution in [0.4, 0.5) is 13.2 Å². The first kappa shape index (κ1) is 20.5. The predicted molar refractivity (Wildman–Crippen MR) is 91.1 cm³/mol. The molecule has 12 heteroatoms. The Hall–Kier alpha value is -2.21. The molecule has 7 nitrogen and oxygen atoms in total. The molecular formula is C16H14F3NO6S2. The molecule has 0 spiro atoms. The molecule has 1 aliphatic rings. The maximum atomic E-state index is 13.0. The minimum atomic E-state index is -4.77. The van der Waals surface area contributed by atoms with Crippen LogP contribution in [-0.2, 0) is 25.9 Å². The first-order valence-corrected chi connectivity index (χ1v) is 11.7. The molecule has 3 rings (SSSR count). The van der Waals surface area contributed by atoms with Crippen molar-refractivity contribution in [3.05, 3.63) is 35.5 Å². The van der Waals surface area contributed by atoms with E-state index in [0.29, 0.717) is 12.1 Å². The van der Waals surface area contributed by atoms with E-state index in [1.165, 1.54) is 0 Å². The molecule has 0 amide bonds. The molecular weight excluding hydrogens is 423 g/mol. The van der Waals surface area contributed by atoms with Gasteiger partial charge in [0, 0.05) is 24.0 Å². The molecule has 0 saturated heterocycles. The fourth-order valence-electron chi connectivity index (χ4n) is 2.92. The summed E-state index contributed by atoms with van der Waals surface area (Å²) < 4.78 is 91.1. The van der Waals surface area contributed by atoms with E-state index in [1.807, 2.05) is 0 Å². The summed E-state index contributed by atoms with van der Waals surface area (Å²) in [6.07, 6.45) is -1.94. The average Bonchev–Trinajstić information content (AvgIpc) is 3.22. The highest BCUT2D eigenvalue weighted by Gasteiger charge is 2.50.